The molecular weight excluding hydrogens is 288 g/mol. The molecule has 0 saturated carbocycles. The third kappa shape index (κ3) is 3.90. The zero-order chi connectivity index (χ0) is 12.1. The van der Waals surface area contributed by atoms with Crippen molar-refractivity contribution in [3.8, 4) is 0 Å². The summed E-state index contributed by atoms with van der Waals surface area (Å²) in [7, 11) is 0. The van der Waals surface area contributed by atoms with Crippen LogP contribution in [0.1, 0.15) is 22.3 Å². The number of thiocarbonyl (C=S) groups is 1. The Bertz CT molecular complexity index is 420. The van der Waals surface area contributed by atoms with E-state index < -0.39 is 0 Å². The molecule has 0 bridgehead atoms. The van der Waals surface area contributed by atoms with Crippen LogP contribution in [0, 0.1) is 6.92 Å². The maximum atomic E-state index is 11.8. The highest BCUT2D eigenvalue weighted by molar-refractivity contribution is 9.10. The molecule has 5 heteroatoms. The zero-order valence-electron chi connectivity index (χ0n) is 8.92. The van der Waals surface area contributed by atoms with Crippen molar-refractivity contribution in [2.75, 3.05) is 6.54 Å². The molecule has 0 atom stereocenters. The van der Waals surface area contributed by atoms with Gasteiger partial charge in [0, 0.05) is 23.0 Å². The lowest BCUT2D eigenvalue weighted by Gasteiger charge is -2.07. The second-order valence-electron chi connectivity index (χ2n) is 3.43. The van der Waals surface area contributed by atoms with Gasteiger partial charge in [0.2, 0.25) is 0 Å². The van der Waals surface area contributed by atoms with Gasteiger partial charge in [-0.15, -0.1) is 0 Å². The normalized spacial score (nSPS) is 9.88. The molecule has 0 heterocycles. The summed E-state index contributed by atoms with van der Waals surface area (Å²) in [6.45, 7) is 2.37. The Balaban J connectivity index is 2.65. The summed E-state index contributed by atoms with van der Waals surface area (Å²) >= 11 is 8.06. The van der Waals surface area contributed by atoms with Crippen molar-refractivity contribution < 1.29 is 4.79 Å². The number of hydrogen-bond acceptors (Lipinski definition) is 2. The van der Waals surface area contributed by atoms with Gasteiger partial charge in [-0.05, 0) is 24.6 Å². The van der Waals surface area contributed by atoms with Crippen LogP contribution in [-0.2, 0) is 0 Å². The topological polar surface area (TPSA) is 55.1 Å². The fourth-order valence-corrected chi connectivity index (χ4v) is 1.70. The molecule has 0 aliphatic carbocycles. The Hall–Kier alpha value is -0.940. The monoisotopic (exact) mass is 300 g/mol. The van der Waals surface area contributed by atoms with E-state index in [0.29, 0.717) is 23.5 Å². The summed E-state index contributed by atoms with van der Waals surface area (Å²) < 4.78 is 0.887. The van der Waals surface area contributed by atoms with Gasteiger partial charge in [-0.1, -0.05) is 34.2 Å². The van der Waals surface area contributed by atoms with Gasteiger partial charge in [0.05, 0.1) is 4.99 Å². The van der Waals surface area contributed by atoms with E-state index in [2.05, 4.69) is 21.2 Å². The third-order valence-electron chi connectivity index (χ3n) is 2.10. The molecule has 16 heavy (non-hydrogen) atoms. The number of aryl methyl sites for hydroxylation is 1. The minimum Gasteiger partial charge on any atom is -0.393 e. The van der Waals surface area contributed by atoms with Crippen molar-refractivity contribution >= 4 is 39.0 Å². The lowest BCUT2D eigenvalue weighted by atomic mass is 10.1. The molecule has 0 aliphatic heterocycles. The van der Waals surface area contributed by atoms with Gasteiger partial charge in [0.1, 0.15) is 0 Å². The van der Waals surface area contributed by atoms with Crippen molar-refractivity contribution in [1.29, 1.82) is 0 Å². The number of nitrogens with one attached hydrogen (secondary N) is 1. The number of nitrogens with two attached hydrogens (primary N) is 1. The van der Waals surface area contributed by atoms with Gasteiger partial charge >= 0.3 is 0 Å². The van der Waals surface area contributed by atoms with Crippen LogP contribution >= 0.6 is 28.1 Å². The highest BCUT2D eigenvalue weighted by Crippen LogP contribution is 2.15. The number of halogens is 1. The number of carbonyl (C=O) groups is 1. The molecule has 1 rings (SSSR count). The molecular formula is C11H13BrN2OS. The van der Waals surface area contributed by atoms with Gasteiger partial charge in [-0.3, -0.25) is 4.79 Å². The Labute approximate surface area is 109 Å². The number of hydrogen-bond donors (Lipinski definition) is 2. The van der Waals surface area contributed by atoms with Gasteiger partial charge in [-0.25, -0.2) is 0 Å². The van der Waals surface area contributed by atoms with Crippen molar-refractivity contribution in [2.24, 2.45) is 5.73 Å². The minimum atomic E-state index is -0.102. The average molecular weight is 301 g/mol. The van der Waals surface area contributed by atoms with E-state index in [1.54, 1.807) is 6.07 Å². The standard InChI is InChI=1S/C11H13BrN2OS/c1-7-2-3-8(12)6-9(7)11(15)14-5-4-10(13)16/h2-3,6H,4-5H2,1H3,(H2,13,16)(H,14,15). The Morgan fingerprint density at radius 1 is 1.56 bits per heavy atom. The predicted octanol–water partition coefficient (Wildman–Crippen LogP) is 2.16. The number of carbonyl (C=O) groups excluding carboxylic acids is 1. The summed E-state index contributed by atoms with van der Waals surface area (Å²) in [6.07, 6.45) is 0.522. The number of rotatable bonds is 4. The molecule has 0 saturated heterocycles. The number of amides is 1. The largest absolute Gasteiger partial charge is 0.393 e. The van der Waals surface area contributed by atoms with E-state index in [9.17, 15) is 4.79 Å². The molecule has 1 amide bonds. The summed E-state index contributed by atoms with van der Waals surface area (Å²) in [4.78, 5) is 12.2. The lowest BCUT2D eigenvalue weighted by Crippen LogP contribution is -2.27. The summed E-state index contributed by atoms with van der Waals surface area (Å²) in [5, 5.41) is 2.77. The molecule has 3 N–H and O–H groups in total. The third-order valence-corrected chi connectivity index (χ3v) is 2.80. The molecule has 0 fully saturated rings. The van der Waals surface area contributed by atoms with E-state index >= 15 is 0 Å². The van der Waals surface area contributed by atoms with E-state index in [-0.39, 0.29) is 5.91 Å². The van der Waals surface area contributed by atoms with Crippen molar-refractivity contribution in [1.82, 2.24) is 5.32 Å². The van der Waals surface area contributed by atoms with Crippen LogP contribution in [0.5, 0.6) is 0 Å². The molecule has 1 aromatic carbocycles. The minimum absolute atomic E-state index is 0.102. The first kappa shape index (κ1) is 13.1. The second-order valence-corrected chi connectivity index (χ2v) is 4.87. The van der Waals surface area contributed by atoms with E-state index in [1.165, 1.54) is 0 Å². The summed E-state index contributed by atoms with van der Waals surface area (Å²) in [5.74, 6) is -0.102. The Kier molecular flexibility index (Phi) is 4.89. The fraction of sp³-hybridized carbons (Fsp3) is 0.273. The summed E-state index contributed by atoms with van der Waals surface area (Å²) in [6, 6.07) is 5.60. The maximum absolute atomic E-state index is 11.8. The molecule has 0 unspecified atom stereocenters. The molecule has 3 nitrogen and oxygen atoms in total. The quantitative estimate of drug-likeness (QED) is 0.838. The van der Waals surface area contributed by atoms with Gasteiger partial charge in [0.25, 0.3) is 5.91 Å². The van der Waals surface area contributed by atoms with Crippen molar-refractivity contribution in [2.45, 2.75) is 13.3 Å². The van der Waals surface area contributed by atoms with Crippen LogP contribution in [0.2, 0.25) is 0 Å². The van der Waals surface area contributed by atoms with Crippen LogP contribution in [0.15, 0.2) is 22.7 Å². The second kappa shape index (κ2) is 5.96. The van der Waals surface area contributed by atoms with Crippen molar-refractivity contribution in [3.63, 3.8) is 0 Å². The number of benzene rings is 1. The van der Waals surface area contributed by atoms with Gasteiger partial charge in [-0.2, -0.15) is 0 Å². The van der Waals surface area contributed by atoms with Crippen LogP contribution in [0.4, 0.5) is 0 Å². The Morgan fingerprint density at radius 3 is 2.88 bits per heavy atom. The highest BCUT2D eigenvalue weighted by Gasteiger charge is 2.08. The van der Waals surface area contributed by atoms with E-state index in [4.69, 9.17) is 18.0 Å². The molecule has 0 aromatic heterocycles. The lowest BCUT2D eigenvalue weighted by molar-refractivity contribution is 0.0954. The van der Waals surface area contributed by atoms with Gasteiger partial charge in [0.15, 0.2) is 0 Å². The molecule has 0 radical (unpaired) electrons. The average Bonchev–Trinajstić information content (AvgIpc) is 2.21. The highest BCUT2D eigenvalue weighted by atomic mass is 79.9. The summed E-state index contributed by atoms with van der Waals surface area (Å²) in [5.41, 5.74) is 6.95. The smallest absolute Gasteiger partial charge is 0.251 e. The van der Waals surface area contributed by atoms with E-state index in [1.807, 2.05) is 19.1 Å². The molecule has 1 aromatic rings. The maximum Gasteiger partial charge on any atom is 0.251 e. The molecule has 0 spiro atoms. The van der Waals surface area contributed by atoms with Crippen molar-refractivity contribution in [3.05, 3.63) is 33.8 Å². The van der Waals surface area contributed by atoms with Crippen LogP contribution in [-0.4, -0.2) is 17.4 Å². The molecule has 86 valence electrons. The SMILES string of the molecule is Cc1ccc(Br)cc1C(=O)NCCC(N)=S. The van der Waals surface area contributed by atoms with Crippen LogP contribution in [0.25, 0.3) is 0 Å². The zero-order valence-corrected chi connectivity index (χ0v) is 11.3. The van der Waals surface area contributed by atoms with E-state index in [0.717, 1.165) is 10.0 Å². The fourth-order valence-electron chi connectivity index (χ4n) is 1.23. The van der Waals surface area contributed by atoms with Gasteiger partial charge < -0.3 is 11.1 Å². The predicted molar refractivity (Wildman–Crippen MR) is 72.6 cm³/mol. The first-order valence-electron chi connectivity index (χ1n) is 4.83. The molecule has 0 aliphatic rings. The van der Waals surface area contributed by atoms with Crippen LogP contribution < -0.4 is 11.1 Å². The first-order chi connectivity index (χ1) is 7.50. The first-order valence-corrected chi connectivity index (χ1v) is 6.03. The van der Waals surface area contributed by atoms with Crippen LogP contribution in [0.3, 0.4) is 0 Å². The Morgan fingerprint density at radius 2 is 2.25 bits per heavy atom.